The van der Waals surface area contributed by atoms with Crippen LogP contribution in [0.1, 0.15) is 31.7 Å². The lowest BCUT2D eigenvalue weighted by Gasteiger charge is -2.29. The molecule has 1 aromatic heterocycles. The van der Waals surface area contributed by atoms with Crippen molar-refractivity contribution in [3.8, 4) is 0 Å². The number of anilines is 2. The lowest BCUT2D eigenvalue weighted by atomic mass is 10.1. The minimum Gasteiger partial charge on any atom is -0.384 e. The summed E-state index contributed by atoms with van der Waals surface area (Å²) in [6, 6.07) is 1.86. The normalized spacial score (nSPS) is 18.5. The van der Waals surface area contributed by atoms with E-state index in [0.717, 1.165) is 31.8 Å². The zero-order valence-corrected chi connectivity index (χ0v) is 12.1. The van der Waals surface area contributed by atoms with E-state index >= 15 is 0 Å². The fourth-order valence-corrected chi connectivity index (χ4v) is 2.62. The van der Waals surface area contributed by atoms with E-state index in [9.17, 15) is 13.2 Å². The van der Waals surface area contributed by atoms with E-state index in [4.69, 9.17) is 5.73 Å². The number of halogens is 3. The minimum atomic E-state index is -4.41. The number of alkyl halides is 3. The number of hydrogen-bond donors (Lipinski definition) is 2. The summed E-state index contributed by atoms with van der Waals surface area (Å²) in [5.41, 5.74) is 4.68. The molecule has 1 aromatic rings. The number of likely N-dealkylation sites (tertiary alicyclic amines) is 1. The van der Waals surface area contributed by atoms with Gasteiger partial charge in [-0.3, -0.25) is 0 Å². The third-order valence-corrected chi connectivity index (χ3v) is 3.55. The van der Waals surface area contributed by atoms with Crippen LogP contribution in [0.25, 0.3) is 0 Å². The molecule has 2 heterocycles. The molecule has 1 aliphatic rings. The van der Waals surface area contributed by atoms with Crippen molar-refractivity contribution in [2.24, 2.45) is 0 Å². The van der Waals surface area contributed by atoms with Crippen molar-refractivity contribution in [3.63, 3.8) is 0 Å². The van der Waals surface area contributed by atoms with E-state index in [1.54, 1.807) is 0 Å². The third-order valence-electron chi connectivity index (χ3n) is 3.55. The van der Waals surface area contributed by atoms with Crippen molar-refractivity contribution in [3.05, 3.63) is 17.7 Å². The molecular formula is C14H21F3N4. The Labute approximate surface area is 122 Å². The van der Waals surface area contributed by atoms with Gasteiger partial charge in [-0.2, -0.15) is 13.2 Å². The second-order valence-corrected chi connectivity index (χ2v) is 5.57. The molecule has 0 saturated carbocycles. The first-order chi connectivity index (χ1) is 9.84. The first-order valence-corrected chi connectivity index (χ1v) is 7.18. The van der Waals surface area contributed by atoms with Crippen LogP contribution in [0, 0.1) is 0 Å². The molecule has 0 spiro atoms. The van der Waals surface area contributed by atoms with Gasteiger partial charge in [-0.15, -0.1) is 0 Å². The number of piperidine rings is 1. The molecule has 1 saturated heterocycles. The predicted octanol–water partition coefficient (Wildman–Crippen LogP) is 2.97. The molecule has 0 radical (unpaired) electrons. The van der Waals surface area contributed by atoms with Gasteiger partial charge in [0.05, 0.1) is 5.56 Å². The van der Waals surface area contributed by atoms with Crippen LogP contribution in [0.5, 0.6) is 0 Å². The van der Waals surface area contributed by atoms with E-state index in [2.05, 4.69) is 15.2 Å². The molecule has 0 bridgehead atoms. The molecule has 0 aliphatic carbocycles. The van der Waals surface area contributed by atoms with Crippen molar-refractivity contribution in [1.29, 1.82) is 0 Å². The maximum atomic E-state index is 12.7. The van der Waals surface area contributed by atoms with Gasteiger partial charge in [-0.25, -0.2) is 4.98 Å². The fourth-order valence-electron chi connectivity index (χ4n) is 2.62. The predicted molar refractivity (Wildman–Crippen MR) is 77.0 cm³/mol. The van der Waals surface area contributed by atoms with Crippen molar-refractivity contribution >= 4 is 11.6 Å². The van der Waals surface area contributed by atoms with Gasteiger partial charge in [0.1, 0.15) is 11.6 Å². The van der Waals surface area contributed by atoms with Gasteiger partial charge >= 0.3 is 6.18 Å². The van der Waals surface area contributed by atoms with Gasteiger partial charge in [0, 0.05) is 12.6 Å². The summed E-state index contributed by atoms with van der Waals surface area (Å²) in [4.78, 5) is 6.25. The molecule has 1 fully saturated rings. The Balaban J connectivity index is 1.99. The van der Waals surface area contributed by atoms with Crippen molar-refractivity contribution in [2.75, 3.05) is 30.7 Å². The van der Waals surface area contributed by atoms with Gasteiger partial charge in [0.2, 0.25) is 0 Å². The average molecular weight is 302 g/mol. The summed E-state index contributed by atoms with van der Waals surface area (Å²) in [5.74, 6) is 0.0457. The Morgan fingerprint density at radius 1 is 1.29 bits per heavy atom. The summed E-state index contributed by atoms with van der Waals surface area (Å²) in [5, 5.41) is 3.01. The molecule has 0 aromatic carbocycles. The monoisotopic (exact) mass is 302 g/mol. The Kier molecular flexibility index (Phi) is 4.92. The third kappa shape index (κ3) is 4.77. The number of nitrogens with one attached hydrogen (secondary N) is 1. The highest BCUT2D eigenvalue weighted by molar-refractivity contribution is 5.47. The van der Waals surface area contributed by atoms with Crippen LogP contribution < -0.4 is 11.1 Å². The van der Waals surface area contributed by atoms with Crippen LogP contribution in [0.15, 0.2) is 12.1 Å². The van der Waals surface area contributed by atoms with Crippen LogP contribution in [0.2, 0.25) is 0 Å². The van der Waals surface area contributed by atoms with E-state index in [0.29, 0.717) is 0 Å². The SMILES string of the molecule is CC(CN1CCCCC1)Nc1cc(C(F)(F)F)cc(N)n1. The molecule has 1 atom stereocenters. The molecule has 1 unspecified atom stereocenters. The molecule has 3 N–H and O–H groups in total. The zero-order chi connectivity index (χ0) is 15.5. The van der Waals surface area contributed by atoms with Crippen LogP contribution in [-0.2, 0) is 6.18 Å². The van der Waals surface area contributed by atoms with Gasteiger partial charge in [-0.1, -0.05) is 6.42 Å². The van der Waals surface area contributed by atoms with E-state index < -0.39 is 11.7 Å². The topological polar surface area (TPSA) is 54.2 Å². The number of aromatic nitrogens is 1. The lowest BCUT2D eigenvalue weighted by molar-refractivity contribution is -0.137. The molecule has 21 heavy (non-hydrogen) atoms. The maximum absolute atomic E-state index is 12.7. The number of nitrogens with zero attached hydrogens (tertiary/aromatic N) is 2. The Morgan fingerprint density at radius 3 is 2.57 bits per heavy atom. The molecule has 1 aliphatic heterocycles. The first-order valence-electron chi connectivity index (χ1n) is 7.18. The van der Waals surface area contributed by atoms with Crippen LogP contribution in [0.3, 0.4) is 0 Å². The molecule has 7 heteroatoms. The first kappa shape index (κ1) is 15.9. The number of pyridine rings is 1. The van der Waals surface area contributed by atoms with Gasteiger partial charge in [0.25, 0.3) is 0 Å². The van der Waals surface area contributed by atoms with Crippen molar-refractivity contribution in [2.45, 2.75) is 38.4 Å². The summed E-state index contributed by atoms with van der Waals surface area (Å²) in [6.07, 6.45) is -0.795. The summed E-state index contributed by atoms with van der Waals surface area (Å²) in [6.45, 7) is 4.82. The van der Waals surface area contributed by atoms with Crippen LogP contribution >= 0.6 is 0 Å². The van der Waals surface area contributed by atoms with E-state index in [1.165, 1.54) is 19.3 Å². The number of hydrogen-bond acceptors (Lipinski definition) is 4. The van der Waals surface area contributed by atoms with Crippen LogP contribution in [0.4, 0.5) is 24.8 Å². The maximum Gasteiger partial charge on any atom is 0.416 e. The van der Waals surface area contributed by atoms with Crippen molar-refractivity contribution < 1.29 is 13.2 Å². The second-order valence-electron chi connectivity index (χ2n) is 5.57. The van der Waals surface area contributed by atoms with Crippen LogP contribution in [-0.4, -0.2) is 35.6 Å². The highest BCUT2D eigenvalue weighted by Crippen LogP contribution is 2.31. The Morgan fingerprint density at radius 2 is 1.95 bits per heavy atom. The largest absolute Gasteiger partial charge is 0.416 e. The number of nitrogen functional groups attached to an aromatic ring is 1. The fraction of sp³-hybridized carbons (Fsp3) is 0.643. The molecule has 0 amide bonds. The Bertz CT molecular complexity index is 470. The number of rotatable bonds is 4. The molecule has 2 rings (SSSR count). The van der Waals surface area contributed by atoms with E-state index in [1.807, 2.05) is 6.92 Å². The lowest BCUT2D eigenvalue weighted by Crippen LogP contribution is -2.38. The molecule has 4 nitrogen and oxygen atoms in total. The second kappa shape index (κ2) is 6.51. The average Bonchev–Trinajstić information content (AvgIpc) is 2.37. The minimum absolute atomic E-state index is 0.0125. The molecular weight excluding hydrogens is 281 g/mol. The summed E-state index contributed by atoms with van der Waals surface area (Å²) in [7, 11) is 0. The Hall–Kier alpha value is -1.50. The molecule has 118 valence electrons. The summed E-state index contributed by atoms with van der Waals surface area (Å²) >= 11 is 0. The van der Waals surface area contributed by atoms with Crippen molar-refractivity contribution in [1.82, 2.24) is 9.88 Å². The highest BCUT2D eigenvalue weighted by Gasteiger charge is 2.31. The highest BCUT2D eigenvalue weighted by atomic mass is 19.4. The van der Waals surface area contributed by atoms with E-state index in [-0.39, 0.29) is 17.7 Å². The standard InChI is InChI=1S/C14H21F3N4/c1-10(9-21-5-3-2-4-6-21)19-13-8-11(14(15,16)17)7-12(18)20-13/h7-8,10H,2-6,9H2,1H3,(H3,18,19,20). The zero-order valence-electron chi connectivity index (χ0n) is 12.1. The van der Waals surface area contributed by atoms with Gasteiger partial charge in [0.15, 0.2) is 0 Å². The summed E-state index contributed by atoms with van der Waals surface area (Å²) < 4.78 is 38.2. The quantitative estimate of drug-likeness (QED) is 0.898. The number of nitrogens with two attached hydrogens (primary N) is 1. The smallest absolute Gasteiger partial charge is 0.384 e. The van der Waals surface area contributed by atoms with Gasteiger partial charge in [-0.05, 0) is 45.0 Å². The van der Waals surface area contributed by atoms with Gasteiger partial charge < -0.3 is 16.0 Å².